The van der Waals surface area contributed by atoms with E-state index in [1.54, 1.807) is 18.4 Å². The van der Waals surface area contributed by atoms with Crippen LogP contribution in [0.5, 0.6) is 5.75 Å². The molecular weight excluding hydrogens is 358 g/mol. The van der Waals surface area contributed by atoms with Crippen LogP contribution in [-0.4, -0.2) is 25.0 Å². The Bertz CT molecular complexity index is 823. The molecule has 3 N–H and O–H groups in total. The highest BCUT2D eigenvalue weighted by atomic mass is 32.1. The number of rotatable bonds is 6. The molecule has 1 aromatic carbocycles. The minimum absolute atomic E-state index is 0.179. The van der Waals surface area contributed by atoms with Gasteiger partial charge in [0.15, 0.2) is 5.96 Å². The second-order valence-corrected chi connectivity index (χ2v) is 7.98. The SMILES string of the molecule is COc1ccc(C)cc1CCc1sccc1C(=O)NC(N)=NC1CCCC1. The Morgan fingerprint density at radius 3 is 2.81 bits per heavy atom. The molecule has 0 aliphatic heterocycles. The zero-order valence-corrected chi connectivity index (χ0v) is 16.8. The predicted molar refractivity (Wildman–Crippen MR) is 111 cm³/mol. The smallest absolute Gasteiger partial charge is 0.259 e. The lowest BCUT2D eigenvalue weighted by Crippen LogP contribution is -2.37. The number of amides is 1. The molecule has 0 atom stereocenters. The number of guanidine groups is 1. The zero-order chi connectivity index (χ0) is 19.2. The van der Waals surface area contributed by atoms with Crippen LogP contribution in [0.1, 0.15) is 52.0 Å². The predicted octanol–water partition coefficient (Wildman–Crippen LogP) is 3.84. The Balaban J connectivity index is 1.65. The number of hydrogen-bond donors (Lipinski definition) is 2. The molecule has 0 radical (unpaired) electrons. The highest BCUT2D eigenvalue weighted by Gasteiger charge is 2.17. The Kier molecular flexibility index (Phi) is 6.50. The van der Waals surface area contributed by atoms with E-state index >= 15 is 0 Å². The number of nitrogens with zero attached hydrogens (tertiary/aromatic N) is 1. The van der Waals surface area contributed by atoms with E-state index < -0.39 is 0 Å². The van der Waals surface area contributed by atoms with E-state index in [2.05, 4.69) is 23.3 Å². The van der Waals surface area contributed by atoms with E-state index in [1.807, 2.05) is 23.6 Å². The van der Waals surface area contributed by atoms with Crippen LogP contribution in [0.2, 0.25) is 0 Å². The van der Waals surface area contributed by atoms with Gasteiger partial charge >= 0.3 is 0 Å². The highest BCUT2D eigenvalue weighted by molar-refractivity contribution is 7.10. The van der Waals surface area contributed by atoms with Crippen LogP contribution in [0, 0.1) is 6.92 Å². The highest BCUT2D eigenvalue weighted by Crippen LogP contribution is 2.25. The molecule has 0 unspecified atom stereocenters. The third-order valence-corrected chi connectivity index (χ3v) is 5.92. The second-order valence-electron chi connectivity index (χ2n) is 6.98. The maximum Gasteiger partial charge on any atom is 0.259 e. The maximum atomic E-state index is 12.6. The minimum Gasteiger partial charge on any atom is -0.496 e. The average Bonchev–Trinajstić information content (AvgIpc) is 3.31. The first kappa shape index (κ1) is 19.4. The first-order valence-electron chi connectivity index (χ1n) is 9.41. The summed E-state index contributed by atoms with van der Waals surface area (Å²) < 4.78 is 5.46. The average molecular weight is 386 g/mol. The summed E-state index contributed by atoms with van der Waals surface area (Å²) in [6.45, 7) is 2.07. The van der Waals surface area contributed by atoms with Crippen molar-refractivity contribution in [3.63, 3.8) is 0 Å². The van der Waals surface area contributed by atoms with Crippen LogP contribution in [0.15, 0.2) is 34.6 Å². The summed E-state index contributed by atoms with van der Waals surface area (Å²) in [5.41, 5.74) is 8.96. The Morgan fingerprint density at radius 1 is 1.30 bits per heavy atom. The van der Waals surface area contributed by atoms with Crippen molar-refractivity contribution < 1.29 is 9.53 Å². The van der Waals surface area contributed by atoms with Crippen molar-refractivity contribution in [3.05, 3.63) is 51.2 Å². The topological polar surface area (TPSA) is 76.7 Å². The molecule has 0 bridgehead atoms. The van der Waals surface area contributed by atoms with Crippen LogP contribution >= 0.6 is 11.3 Å². The van der Waals surface area contributed by atoms with Crippen molar-refractivity contribution in [2.24, 2.45) is 10.7 Å². The minimum atomic E-state index is -0.179. The molecule has 144 valence electrons. The van der Waals surface area contributed by atoms with Crippen molar-refractivity contribution in [2.75, 3.05) is 7.11 Å². The standard InChI is InChI=1S/C21H27N3O2S/c1-14-7-9-18(26-2)15(13-14)8-10-19-17(11-12-27-19)20(25)24-21(22)23-16-5-3-4-6-16/h7,9,11-13,16H,3-6,8,10H2,1-2H3,(H3,22,23,24,25). The lowest BCUT2D eigenvalue weighted by molar-refractivity contribution is 0.0976. The molecule has 1 saturated carbocycles. The number of nitrogens with one attached hydrogen (secondary N) is 1. The lowest BCUT2D eigenvalue weighted by Gasteiger charge is -2.10. The molecule has 1 amide bonds. The van der Waals surface area contributed by atoms with Gasteiger partial charge in [-0.25, -0.2) is 4.99 Å². The van der Waals surface area contributed by atoms with Gasteiger partial charge in [-0.2, -0.15) is 0 Å². The quantitative estimate of drug-likeness (QED) is 0.586. The number of benzene rings is 1. The number of hydrogen-bond acceptors (Lipinski definition) is 4. The van der Waals surface area contributed by atoms with Gasteiger partial charge in [-0.1, -0.05) is 30.5 Å². The number of aliphatic imine (C=N–C) groups is 1. The molecule has 5 nitrogen and oxygen atoms in total. The molecule has 3 rings (SSSR count). The maximum absolute atomic E-state index is 12.6. The van der Waals surface area contributed by atoms with Gasteiger partial charge in [-0.05, 0) is 55.7 Å². The molecule has 0 saturated heterocycles. The Morgan fingerprint density at radius 2 is 2.07 bits per heavy atom. The monoisotopic (exact) mass is 385 g/mol. The number of aryl methyl sites for hydroxylation is 3. The van der Waals surface area contributed by atoms with Crippen molar-refractivity contribution in [1.29, 1.82) is 0 Å². The van der Waals surface area contributed by atoms with Crippen molar-refractivity contribution >= 4 is 23.2 Å². The summed E-state index contributed by atoms with van der Waals surface area (Å²) in [4.78, 5) is 18.1. The Labute approximate surface area is 164 Å². The van der Waals surface area contributed by atoms with Crippen LogP contribution in [0.3, 0.4) is 0 Å². The van der Waals surface area contributed by atoms with Gasteiger partial charge in [0.25, 0.3) is 5.91 Å². The molecular formula is C21H27N3O2S. The third kappa shape index (κ3) is 5.10. The summed E-state index contributed by atoms with van der Waals surface area (Å²) in [5.74, 6) is 0.933. The molecule has 2 aromatic rings. The number of nitrogens with two attached hydrogens (primary N) is 1. The van der Waals surface area contributed by atoms with Crippen molar-refractivity contribution in [2.45, 2.75) is 51.5 Å². The molecule has 1 heterocycles. The normalized spacial score (nSPS) is 15.1. The molecule has 6 heteroatoms. The molecule has 1 fully saturated rings. The van der Waals surface area contributed by atoms with E-state index in [4.69, 9.17) is 10.5 Å². The largest absolute Gasteiger partial charge is 0.496 e. The van der Waals surface area contributed by atoms with Crippen LogP contribution in [0.4, 0.5) is 0 Å². The molecule has 0 spiro atoms. The molecule has 1 aromatic heterocycles. The fraction of sp³-hybridized carbons (Fsp3) is 0.429. The molecule has 27 heavy (non-hydrogen) atoms. The number of carbonyl (C=O) groups excluding carboxylic acids is 1. The number of ether oxygens (including phenoxy) is 1. The van der Waals surface area contributed by atoms with E-state index in [0.717, 1.165) is 41.9 Å². The number of thiophene rings is 1. The second kappa shape index (κ2) is 9.04. The van der Waals surface area contributed by atoms with Crippen LogP contribution in [0.25, 0.3) is 0 Å². The van der Waals surface area contributed by atoms with Crippen LogP contribution in [-0.2, 0) is 12.8 Å². The van der Waals surface area contributed by atoms with Gasteiger partial charge in [0.1, 0.15) is 5.75 Å². The van der Waals surface area contributed by atoms with Crippen molar-refractivity contribution in [3.8, 4) is 5.75 Å². The summed E-state index contributed by atoms with van der Waals surface area (Å²) in [5, 5.41) is 4.70. The Hall–Kier alpha value is -2.34. The fourth-order valence-corrected chi connectivity index (χ4v) is 4.41. The third-order valence-electron chi connectivity index (χ3n) is 4.94. The first-order valence-corrected chi connectivity index (χ1v) is 10.3. The van der Waals surface area contributed by atoms with Gasteiger partial charge in [0.2, 0.25) is 0 Å². The van der Waals surface area contributed by atoms with Gasteiger partial charge in [-0.15, -0.1) is 11.3 Å². The van der Waals surface area contributed by atoms with Gasteiger partial charge < -0.3 is 10.5 Å². The van der Waals surface area contributed by atoms with E-state index in [0.29, 0.717) is 5.56 Å². The molecule has 1 aliphatic rings. The summed E-state index contributed by atoms with van der Waals surface area (Å²) in [6.07, 6.45) is 6.08. The van der Waals surface area contributed by atoms with E-state index in [1.165, 1.54) is 18.4 Å². The van der Waals surface area contributed by atoms with Crippen molar-refractivity contribution in [1.82, 2.24) is 5.32 Å². The summed E-state index contributed by atoms with van der Waals surface area (Å²) >= 11 is 1.59. The first-order chi connectivity index (χ1) is 13.1. The van der Waals surface area contributed by atoms with Gasteiger partial charge in [0, 0.05) is 4.88 Å². The zero-order valence-electron chi connectivity index (χ0n) is 16.0. The fourth-order valence-electron chi connectivity index (χ4n) is 3.53. The summed E-state index contributed by atoms with van der Waals surface area (Å²) in [6, 6.07) is 8.27. The molecule has 1 aliphatic carbocycles. The van der Waals surface area contributed by atoms with Crippen LogP contribution < -0.4 is 15.8 Å². The summed E-state index contributed by atoms with van der Waals surface area (Å²) in [7, 11) is 1.69. The number of carbonyl (C=O) groups is 1. The van der Waals surface area contributed by atoms with E-state index in [9.17, 15) is 4.79 Å². The van der Waals surface area contributed by atoms with Gasteiger partial charge in [0.05, 0.1) is 18.7 Å². The number of methoxy groups -OCH3 is 1. The lowest BCUT2D eigenvalue weighted by atomic mass is 10.0. The van der Waals surface area contributed by atoms with Gasteiger partial charge in [-0.3, -0.25) is 10.1 Å². The van der Waals surface area contributed by atoms with E-state index in [-0.39, 0.29) is 17.9 Å².